The molecule has 2 fully saturated rings. The zero-order chi connectivity index (χ0) is 23.1. The monoisotopic (exact) mass is 476 g/mol. The summed E-state index contributed by atoms with van der Waals surface area (Å²) in [5, 5.41) is 13.4. The Kier molecular flexibility index (Phi) is 5.65. The van der Waals surface area contributed by atoms with Crippen LogP contribution in [0.25, 0.3) is 10.4 Å². The third-order valence-corrected chi connectivity index (χ3v) is 7.59. The number of aryl methyl sites for hydroxylation is 1. The van der Waals surface area contributed by atoms with Gasteiger partial charge in [-0.05, 0) is 61.1 Å². The van der Waals surface area contributed by atoms with Gasteiger partial charge in [-0.2, -0.15) is 5.26 Å². The van der Waals surface area contributed by atoms with Crippen molar-refractivity contribution in [3.05, 3.63) is 75.4 Å². The molecule has 1 saturated carbocycles. The minimum Gasteiger partial charge on any atom is -0.350 e. The third-order valence-electron chi connectivity index (χ3n) is 6.34. The van der Waals surface area contributed by atoms with E-state index in [1.807, 2.05) is 24.0 Å². The zero-order valence-electron chi connectivity index (χ0n) is 17.9. The molecule has 1 aromatic heterocycles. The summed E-state index contributed by atoms with van der Waals surface area (Å²) in [5.41, 5.74) is 2.39. The molecule has 8 heteroatoms. The molecule has 1 aliphatic heterocycles. The number of nitrogens with one attached hydrogen (secondary N) is 1. The van der Waals surface area contributed by atoms with Crippen LogP contribution in [0.15, 0.2) is 48.5 Å². The van der Waals surface area contributed by atoms with Crippen LogP contribution in [0.1, 0.15) is 37.8 Å². The lowest BCUT2D eigenvalue weighted by molar-refractivity contribution is 0.0690. The van der Waals surface area contributed by atoms with Gasteiger partial charge in [0.2, 0.25) is 0 Å². The van der Waals surface area contributed by atoms with Gasteiger partial charge in [-0.15, -0.1) is 11.3 Å². The molecular formula is C25H21ClN4O2S. The van der Waals surface area contributed by atoms with E-state index in [4.69, 9.17) is 16.9 Å². The molecule has 2 amide bonds. The van der Waals surface area contributed by atoms with E-state index in [0.717, 1.165) is 21.9 Å². The second-order valence-electron chi connectivity index (χ2n) is 8.50. The second-order valence-corrected chi connectivity index (χ2v) is 10.1. The molecular weight excluding hydrogens is 456 g/mol. The summed E-state index contributed by atoms with van der Waals surface area (Å²) >= 11 is 7.48. The van der Waals surface area contributed by atoms with E-state index in [-0.39, 0.29) is 17.9 Å². The molecule has 3 atom stereocenters. The summed E-state index contributed by atoms with van der Waals surface area (Å²) in [6, 6.07) is 16.1. The fourth-order valence-corrected chi connectivity index (χ4v) is 5.70. The number of thiazole rings is 1. The van der Waals surface area contributed by atoms with Crippen LogP contribution in [0, 0.1) is 30.1 Å². The lowest BCUT2D eigenvalue weighted by Crippen LogP contribution is -2.45. The number of carbonyl (C=O) groups excluding carboxylic acids is 2. The van der Waals surface area contributed by atoms with Gasteiger partial charge < -0.3 is 10.2 Å². The molecule has 1 unspecified atom stereocenters. The van der Waals surface area contributed by atoms with Crippen LogP contribution >= 0.6 is 22.9 Å². The number of fused-ring (bicyclic) bond motifs is 1. The predicted octanol–water partition coefficient (Wildman–Crippen LogP) is 4.53. The quantitative estimate of drug-likeness (QED) is 0.586. The average molecular weight is 477 g/mol. The highest BCUT2D eigenvalue weighted by Crippen LogP contribution is 2.50. The second kappa shape index (κ2) is 8.62. The predicted molar refractivity (Wildman–Crippen MR) is 127 cm³/mol. The number of halogens is 1. The Labute approximate surface area is 200 Å². The van der Waals surface area contributed by atoms with Crippen LogP contribution < -0.4 is 5.32 Å². The molecule has 6 nitrogen and oxygen atoms in total. The number of nitrogens with zero attached hydrogens (tertiary/aromatic N) is 3. The highest BCUT2D eigenvalue weighted by Gasteiger charge is 2.54. The first kappa shape index (κ1) is 21.6. The smallest absolute Gasteiger partial charge is 0.274 e. The Bertz CT molecular complexity index is 1280. The summed E-state index contributed by atoms with van der Waals surface area (Å²) in [6.07, 6.45) is 1.08. The van der Waals surface area contributed by atoms with Gasteiger partial charge in [-0.3, -0.25) is 9.59 Å². The van der Waals surface area contributed by atoms with E-state index in [1.54, 1.807) is 36.4 Å². The first-order valence-corrected chi connectivity index (χ1v) is 12.0. The lowest BCUT2D eigenvalue weighted by atomic mass is 10.1. The fraction of sp³-hybridized carbons (Fsp3) is 0.280. The van der Waals surface area contributed by atoms with E-state index in [0.29, 0.717) is 46.8 Å². The van der Waals surface area contributed by atoms with Crippen LogP contribution in [0.5, 0.6) is 0 Å². The minimum absolute atomic E-state index is 0.0542. The topological polar surface area (TPSA) is 86.1 Å². The standard InChI is InChI=1S/C25H21ClN4O2S/c1-14-29-22(23(33-14)16-7-5-15(11-27)6-8-16)25(32)30-13-18-10-20(18)21(30)12-28-24(31)17-3-2-4-19(26)9-17/h2-9,18,20-21H,10,12-13H2,1H3,(H,28,31)/t18-,20?,21+/m0/s1. The van der Waals surface area contributed by atoms with Crippen LogP contribution in [0.2, 0.25) is 5.02 Å². The molecule has 2 aromatic carbocycles. The SMILES string of the molecule is Cc1nc(C(=O)N2C[C@@H]3CC3[C@H]2CNC(=O)c2cccc(Cl)c2)c(-c2ccc(C#N)cc2)s1. The molecule has 2 aliphatic rings. The molecule has 2 heterocycles. The Morgan fingerprint density at radius 1 is 1.27 bits per heavy atom. The van der Waals surface area contributed by atoms with Gasteiger partial charge >= 0.3 is 0 Å². The van der Waals surface area contributed by atoms with Gasteiger partial charge in [-0.25, -0.2) is 4.98 Å². The average Bonchev–Trinajstić information content (AvgIpc) is 3.34. The summed E-state index contributed by atoms with van der Waals surface area (Å²) in [4.78, 5) is 33.5. The summed E-state index contributed by atoms with van der Waals surface area (Å²) in [5.74, 6) is 0.594. The van der Waals surface area contributed by atoms with Crippen molar-refractivity contribution in [3.63, 3.8) is 0 Å². The molecule has 5 rings (SSSR count). The van der Waals surface area contributed by atoms with E-state index in [9.17, 15) is 9.59 Å². The van der Waals surface area contributed by atoms with Crippen molar-refractivity contribution in [3.8, 4) is 16.5 Å². The number of piperidine rings is 1. The van der Waals surface area contributed by atoms with E-state index in [1.165, 1.54) is 11.3 Å². The largest absolute Gasteiger partial charge is 0.350 e. The van der Waals surface area contributed by atoms with Gasteiger partial charge in [-0.1, -0.05) is 29.8 Å². The number of likely N-dealkylation sites (tertiary alicyclic amines) is 1. The maximum atomic E-state index is 13.6. The minimum atomic E-state index is -0.197. The molecule has 0 bridgehead atoms. The normalized spacial score (nSPS) is 20.8. The van der Waals surface area contributed by atoms with Gasteiger partial charge in [0.25, 0.3) is 11.8 Å². The fourth-order valence-electron chi connectivity index (χ4n) is 4.60. The molecule has 0 spiro atoms. The Morgan fingerprint density at radius 3 is 2.79 bits per heavy atom. The Balaban J connectivity index is 1.35. The van der Waals surface area contributed by atoms with Crippen LogP contribution in [-0.2, 0) is 0 Å². The van der Waals surface area contributed by atoms with Gasteiger partial charge in [0.05, 0.1) is 27.6 Å². The molecule has 1 saturated heterocycles. The summed E-state index contributed by atoms with van der Waals surface area (Å²) in [7, 11) is 0. The van der Waals surface area contributed by atoms with E-state index < -0.39 is 0 Å². The van der Waals surface area contributed by atoms with Crippen molar-refractivity contribution in [1.82, 2.24) is 15.2 Å². The molecule has 1 N–H and O–H groups in total. The summed E-state index contributed by atoms with van der Waals surface area (Å²) < 4.78 is 0. The van der Waals surface area contributed by atoms with Crippen molar-refractivity contribution in [2.75, 3.05) is 13.1 Å². The molecule has 33 heavy (non-hydrogen) atoms. The number of amides is 2. The molecule has 0 radical (unpaired) electrons. The van der Waals surface area contributed by atoms with Crippen molar-refractivity contribution < 1.29 is 9.59 Å². The number of hydrogen-bond acceptors (Lipinski definition) is 5. The van der Waals surface area contributed by atoms with Crippen LogP contribution in [0.4, 0.5) is 0 Å². The van der Waals surface area contributed by atoms with Gasteiger partial charge in [0, 0.05) is 23.7 Å². The molecule has 3 aromatic rings. The molecule has 1 aliphatic carbocycles. The molecule has 166 valence electrons. The van der Waals surface area contributed by atoms with Crippen molar-refractivity contribution in [2.24, 2.45) is 11.8 Å². The number of hydrogen-bond donors (Lipinski definition) is 1. The summed E-state index contributed by atoms with van der Waals surface area (Å²) in [6.45, 7) is 2.97. The number of nitriles is 1. The maximum absolute atomic E-state index is 13.6. The Morgan fingerprint density at radius 2 is 2.06 bits per heavy atom. The highest BCUT2D eigenvalue weighted by molar-refractivity contribution is 7.15. The van der Waals surface area contributed by atoms with E-state index >= 15 is 0 Å². The number of carbonyl (C=O) groups is 2. The van der Waals surface area contributed by atoms with Crippen molar-refractivity contribution in [2.45, 2.75) is 19.4 Å². The van der Waals surface area contributed by atoms with Gasteiger partial charge in [0.1, 0.15) is 5.69 Å². The number of aromatic nitrogens is 1. The van der Waals surface area contributed by atoms with Gasteiger partial charge in [0.15, 0.2) is 0 Å². The van der Waals surface area contributed by atoms with Crippen LogP contribution in [-0.4, -0.2) is 40.8 Å². The first-order valence-electron chi connectivity index (χ1n) is 10.8. The van der Waals surface area contributed by atoms with Crippen molar-refractivity contribution in [1.29, 1.82) is 5.26 Å². The van der Waals surface area contributed by atoms with Crippen LogP contribution in [0.3, 0.4) is 0 Å². The third kappa shape index (κ3) is 4.24. The van der Waals surface area contributed by atoms with E-state index in [2.05, 4.69) is 16.4 Å². The highest BCUT2D eigenvalue weighted by atomic mass is 35.5. The number of rotatable bonds is 5. The van der Waals surface area contributed by atoms with Crippen molar-refractivity contribution >= 4 is 34.8 Å². The maximum Gasteiger partial charge on any atom is 0.274 e. The Hall–Kier alpha value is -3.21. The number of benzene rings is 2. The lowest BCUT2D eigenvalue weighted by Gasteiger charge is -2.27. The first-order chi connectivity index (χ1) is 15.9. The zero-order valence-corrected chi connectivity index (χ0v) is 19.5.